The van der Waals surface area contributed by atoms with Gasteiger partial charge in [-0.05, 0) is 11.1 Å². The van der Waals surface area contributed by atoms with Crippen LogP contribution in [0.25, 0.3) is 0 Å². The number of guanidine groups is 1. The average molecular weight is 486 g/mol. The number of nitrogens with one attached hydrogen (secondary N) is 2. The maximum absolute atomic E-state index is 12.2. The second-order valence-electron chi connectivity index (χ2n) is 5.93. The minimum Gasteiger partial charge on any atom is -0.379 e. The molecule has 1 heterocycles. The van der Waals surface area contributed by atoms with Crippen molar-refractivity contribution >= 4 is 29.9 Å². The molecule has 1 saturated heterocycles. The second-order valence-corrected chi connectivity index (χ2v) is 5.93. The van der Waals surface area contributed by atoms with Crippen molar-refractivity contribution in [1.82, 2.24) is 15.5 Å². The Morgan fingerprint density at radius 2 is 1.88 bits per heavy atom. The van der Waals surface area contributed by atoms with Crippen molar-refractivity contribution < 1.29 is 17.9 Å². The number of hydrogen-bond donors (Lipinski definition) is 2. The first-order valence-corrected chi connectivity index (χ1v) is 8.35. The summed E-state index contributed by atoms with van der Waals surface area (Å²) < 4.78 is 41.9. The number of aliphatic imine (C=N–C) groups is 1. The monoisotopic (exact) mass is 486 g/mol. The van der Waals surface area contributed by atoms with E-state index in [-0.39, 0.29) is 30.5 Å². The number of rotatable bonds is 6. The number of alkyl halides is 3. The summed E-state index contributed by atoms with van der Waals surface area (Å²) in [5, 5.41) is 5.71. The van der Waals surface area contributed by atoms with Gasteiger partial charge in [-0.15, -0.1) is 24.0 Å². The van der Waals surface area contributed by atoms with Crippen molar-refractivity contribution in [2.45, 2.75) is 25.7 Å². The van der Waals surface area contributed by atoms with Gasteiger partial charge in [-0.1, -0.05) is 24.3 Å². The van der Waals surface area contributed by atoms with Gasteiger partial charge >= 0.3 is 6.18 Å². The molecule has 0 unspecified atom stereocenters. The topological polar surface area (TPSA) is 48.9 Å². The normalized spacial score (nSPS) is 16.1. The van der Waals surface area contributed by atoms with Crippen LogP contribution in [0.3, 0.4) is 0 Å². The van der Waals surface area contributed by atoms with Crippen molar-refractivity contribution in [3.63, 3.8) is 0 Å². The Bertz CT molecular complexity index is 563. The molecular formula is C17H26F3IN4O. The molecule has 0 amide bonds. The van der Waals surface area contributed by atoms with Gasteiger partial charge in [-0.25, -0.2) is 0 Å². The Labute approximate surface area is 169 Å². The van der Waals surface area contributed by atoms with Gasteiger partial charge < -0.3 is 15.4 Å². The lowest BCUT2D eigenvalue weighted by molar-refractivity contribution is -0.132. The molecule has 26 heavy (non-hydrogen) atoms. The molecule has 0 aliphatic carbocycles. The van der Waals surface area contributed by atoms with Crippen molar-refractivity contribution in [1.29, 1.82) is 0 Å². The summed E-state index contributed by atoms with van der Waals surface area (Å²) in [4.78, 5) is 6.28. The largest absolute Gasteiger partial charge is 0.390 e. The van der Waals surface area contributed by atoms with E-state index >= 15 is 0 Å². The zero-order valence-electron chi connectivity index (χ0n) is 14.8. The maximum Gasteiger partial charge on any atom is 0.390 e. The van der Waals surface area contributed by atoms with Gasteiger partial charge in [0.25, 0.3) is 0 Å². The lowest BCUT2D eigenvalue weighted by atomic mass is 10.1. The van der Waals surface area contributed by atoms with Gasteiger partial charge in [-0.3, -0.25) is 9.89 Å². The fourth-order valence-corrected chi connectivity index (χ4v) is 2.58. The Morgan fingerprint density at radius 1 is 1.19 bits per heavy atom. The molecule has 1 aromatic rings. The Hall–Kier alpha value is -1.07. The number of benzene rings is 1. The molecule has 0 atom stereocenters. The summed E-state index contributed by atoms with van der Waals surface area (Å²) in [6.07, 6.45) is -5.05. The Kier molecular flexibility index (Phi) is 10.3. The van der Waals surface area contributed by atoms with Crippen LogP contribution in [0.15, 0.2) is 29.3 Å². The molecular weight excluding hydrogens is 460 g/mol. The highest BCUT2D eigenvalue weighted by Crippen LogP contribution is 2.18. The number of hydrogen-bond acceptors (Lipinski definition) is 3. The van der Waals surface area contributed by atoms with E-state index in [2.05, 4.69) is 32.7 Å². The molecule has 1 aromatic carbocycles. The van der Waals surface area contributed by atoms with Crippen LogP contribution < -0.4 is 10.6 Å². The van der Waals surface area contributed by atoms with Crippen molar-refractivity contribution in [3.8, 4) is 0 Å². The second kappa shape index (κ2) is 11.6. The predicted molar refractivity (Wildman–Crippen MR) is 107 cm³/mol. The van der Waals surface area contributed by atoms with Crippen molar-refractivity contribution in [2.24, 2.45) is 4.99 Å². The molecule has 0 radical (unpaired) electrons. The van der Waals surface area contributed by atoms with Crippen LogP contribution in [0.4, 0.5) is 13.2 Å². The SMILES string of the molecule is CN=C(NCCC(F)(F)F)NCc1cccc(CN2CCOCC2)c1.I. The van der Waals surface area contributed by atoms with Gasteiger partial charge in [0.05, 0.1) is 19.6 Å². The molecule has 2 rings (SSSR count). The summed E-state index contributed by atoms with van der Waals surface area (Å²) in [5.41, 5.74) is 2.27. The van der Waals surface area contributed by atoms with Gasteiger partial charge in [0.2, 0.25) is 0 Å². The number of morpholine rings is 1. The lowest BCUT2D eigenvalue weighted by Crippen LogP contribution is -2.38. The fourth-order valence-electron chi connectivity index (χ4n) is 2.58. The molecule has 148 valence electrons. The van der Waals surface area contributed by atoms with E-state index in [1.807, 2.05) is 12.1 Å². The van der Waals surface area contributed by atoms with Gasteiger partial charge in [-0.2, -0.15) is 13.2 Å². The zero-order chi connectivity index (χ0) is 18.1. The van der Waals surface area contributed by atoms with E-state index in [1.54, 1.807) is 0 Å². The van der Waals surface area contributed by atoms with Crippen LogP contribution in [0.2, 0.25) is 0 Å². The Balaban J connectivity index is 0.00000338. The third kappa shape index (κ3) is 9.04. The van der Waals surface area contributed by atoms with Crippen LogP contribution in [-0.2, 0) is 17.8 Å². The van der Waals surface area contributed by atoms with Gasteiger partial charge in [0, 0.05) is 39.8 Å². The summed E-state index contributed by atoms with van der Waals surface area (Å²) in [6, 6.07) is 8.16. The Morgan fingerprint density at radius 3 is 2.54 bits per heavy atom. The van der Waals surface area contributed by atoms with E-state index in [1.165, 1.54) is 12.6 Å². The average Bonchev–Trinajstić information content (AvgIpc) is 2.58. The number of ether oxygens (including phenoxy) is 1. The van der Waals surface area contributed by atoms with Gasteiger partial charge in [0.1, 0.15) is 0 Å². The van der Waals surface area contributed by atoms with E-state index in [9.17, 15) is 13.2 Å². The summed E-state index contributed by atoms with van der Waals surface area (Å²) >= 11 is 0. The van der Waals surface area contributed by atoms with Crippen LogP contribution >= 0.6 is 24.0 Å². The molecule has 5 nitrogen and oxygen atoms in total. The molecule has 0 saturated carbocycles. The maximum atomic E-state index is 12.2. The quantitative estimate of drug-likeness (QED) is 0.369. The highest BCUT2D eigenvalue weighted by atomic mass is 127. The third-order valence-corrected chi connectivity index (χ3v) is 3.89. The number of nitrogens with zero attached hydrogens (tertiary/aromatic N) is 2. The van der Waals surface area contributed by atoms with Crippen LogP contribution in [0.5, 0.6) is 0 Å². The third-order valence-electron chi connectivity index (χ3n) is 3.89. The first-order valence-electron chi connectivity index (χ1n) is 8.35. The molecule has 9 heteroatoms. The van der Waals surface area contributed by atoms with E-state index in [4.69, 9.17) is 4.74 Å². The molecule has 0 aromatic heterocycles. The van der Waals surface area contributed by atoms with E-state index < -0.39 is 12.6 Å². The first-order chi connectivity index (χ1) is 12.0. The summed E-state index contributed by atoms with van der Waals surface area (Å²) in [6.45, 7) is 4.57. The van der Waals surface area contributed by atoms with Crippen LogP contribution in [0.1, 0.15) is 17.5 Å². The predicted octanol–water partition coefficient (Wildman–Crippen LogP) is 2.75. The van der Waals surface area contributed by atoms with Crippen molar-refractivity contribution in [2.75, 3.05) is 39.9 Å². The van der Waals surface area contributed by atoms with E-state index in [0.29, 0.717) is 12.5 Å². The lowest BCUT2D eigenvalue weighted by Gasteiger charge is -2.26. The summed E-state index contributed by atoms with van der Waals surface area (Å²) in [5.74, 6) is 0.364. The molecule has 2 N–H and O–H groups in total. The first kappa shape index (κ1) is 23.0. The highest BCUT2D eigenvalue weighted by Gasteiger charge is 2.26. The molecule has 0 bridgehead atoms. The van der Waals surface area contributed by atoms with Crippen LogP contribution in [0, 0.1) is 0 Å². The van der Waals surface area contributed by atoms with Crippen molar-refractivity contribution in [3.05, 3.63) is 35.4 Å². The fraction of sp³-hybridized carbons (Fsp3) is 0.588. The molecule has 1 aliphatic rings. The molecule has 1 aliphatic heterocycles. The molecule has 1 fully saturated rings. The minimum absolute atomic E-state index is 0. The minimum atomic E-state index is -4.17. The number of halogens is 4. The summed E-state index contributed by atoms with van der Waals surface area (Å²) in [7, 11) is 1.54. The molecule has 0 spiro atoms. The highest BCUT2D eigenvalue weighted by molar-refractivity contribution is 14.0. The van der Waals surface area contributed by atoms with Crippen LogP contribution in [-0.4, -0.2) is 56.9 Å². The van der Waals surface area contributed by atoms with Gasteiger partial charge in [0.15, 0.2) is 5.96 Å². The smallest absolute Gasteiger partial charge is 0.379 e. The standard InChI is InChI=1S/C17H25F3N4O.HI/c1-21-16(22-6-5-17(18,19)20)23-12-14-3-2-4-15(11-14)13-24-7-9-25-10-8-24;/h2-4,11H,5-10,12-13H2,1H3,(H2,21,22,23);1H. The zero-order valence-corrected chi connectivity index (χ0v) is 17.1. The van der Waals surface area contributed by atoms with E-state index in [0.717, 1.165) is 38.4 Å².